The Morgan fingerprint density at radius 2 is 1.68 bits per heavy atom. The molecule has 4 heterocycles. The third-order valence-electron chi connectivity index (χ3n) is 8.97. The van der Waals surface area contributed by atoms with Gasteiger partial charge in [0, 0.05) is 25.4 Å². The van der Waals surface area contributed by atoms with Gasteiger partial charge in [-0.3, -0.25) is 4.79 Å². The van der Waals surface area contributed by atoms with E-state index in [-0.39, 0.29) is 48.8 Å². The lowest BCUT2D eigenvalue weighted by molar-refractivity contribution is -0.154. The zero-order chi connectivity index (χ0) is 29.0. The van der Waals surface area contributed by atoms with Crippen molar-refractivity contribution in [2.24, 2.45) is 11.8 Å². The molecule has 1 amide bonds. The van der Waals surface area contributed by atoms with Crippen molar-refractivity contribution in [1.29, 1.82) is 0 Å². The average Bonchev–Trinajstić information content (AvgIpc) is 3.49. The predicted molar refractivity (Wildman–Crippen MR) is 161 cm³/mol. The van der Waals surface area contributed by atoms with Crippen molar-refractivity contribution in [3.8, 4) is 0 Å². The van der Waals surface area contributed by atoms with Crippen LogP contribution in [0.15, 0.2) is 36.0 Å². The van der Waals surface area contributed by atoms with Crippen LogP contribution in [0, 0.1) is 11.8 Å². The molecule has 0 aromatic heterocycles. The summed E-state index contributed by atoms with van der Waals surface area (Å²) in [5.74, 6) is 0.240. The molecule has 7 nitrogen and oxygen atoms in total. The Hall–Kier alpha value is -2.12. The first-order valence-corrected chi connectivity index (χ1v) is 16.3. The molecule has 7 heteroatoms. The number of rotatable bonds is 6. The number of hydrogen-bond donors (Lipinski definition) is 0. The van der Waals surface area contributed by atoms with Crippen LogP contribution in [0.25, 0.3) is 0 Å². The van der Waals surface area contributed by atoms with Crippen molar-refractivity contribution in [3.63, 3.8) is 0 Å². The summed E-state index contributed by atoms with van der Waals surface area (Å²) in [6, 6.07) is 0. The molecule has 7 unspecified atom stereocenters. The van der Waals surface area contributed by atoms with Gasteiger partial charge in [0.2, 0.25) is 0 Å². The van der Waals surface area contributed by atoms with Crippen LogP contribution in [-0.2, 0) is 23.7 Å². The molecule has 4 rings (SSSR count). The van der Waals surface area contributed by atoms with E-state index in [0.29, 0.717) is 18.6 Å². The van der Waals surface area contributed by atoms with Crippen LogP contribution < -0.4 is 0 Å². The molecule has 3 fully saturated rings. The average molecular weight is 572 g/mol. The van der Waals surface area contributed by atoms with E-state index in [9.17, 15) is 9.59 Å². The maximum atomic E-state index is 13.2. The summed E-state index contributed by atoms with van der Waals surface area (Å²) in [5, 5.41) is 0. The summed E-state index contributed by atoms with van der Waals surface area (Å²) in [4.78, 5) is 27.0. The van der Waals surface area contributed by atoms with Gasteiger partial charge < -0.3 is 23.8 Å². The van der Waals surface area contributed by atoms with E-state index in [1.165, 1.54) is 12.0 Å². The Bertz CT molecular complexity index is 922. The number of likely N-dealkylation sites (tertiary alicyclic amines) is 1. The first kappa shape index (κ1) is 31.8. The number of carbonyl (C=O) groups excluding carboxylic acids is 2. The molecule has 7 atom stereocenters. The maximum Gasteiger partial charge on any atom is 0.409 e. The van der Waals surface area contributed by atoms with Gasteiger partial charge in [0.25, 0.3) is 0 Å². The molecule has 4 aliphatic heterocycles. The molecule has 0 radical (unpaired) electrons. The van der Waals surface area contributed by atoms with Crippen LogP contribution in [0.4, 0.5) is 4.79 Å². The van der Waals surface area contributed by atoms with E-state index in [1.54, 1.807) is 4.90 Å². The lowest BCUT2D eigenvalue weighted by atomic mass is 9.90. The molecule has 0 spiro atoms. The lowest BCUT2D eigenvalue weighted by Gasteiger charge is -2.37. The number of amides is 1. The van der Waals surface area contributed by atoms with Crippen LogP contribution in [-0.4, -0.2) is 67.2 Å². The minimum Gasteiger partial charge on any atom is -0.457 e. The van der Waals surface area contributed by atoms with Crippen LogP contribution in [0.3, 0.4) is 0 Å². The van der Waals surface area contributed by atoms with E-state index in [1.807, 2.05) is 6.08 Å². The number of allylic oxidation sites excluding steroid dienone is 3. The van der Waals surface area contributed by atoms with Gasteiger partial charge in [0.05, 0.1) is 37.4 Å². The summed E-state index contributed by atoms with van der Waals surface area (Å²) in [6.07, 6.45) is 22.7. The van der Waals surface area contributed by atoms with E-state index in [4.69, 9.17) is 18.9 Å². The van der Waals surface area contributed by atoms with Crippen molar-refractivity contribution in [1.82, 2.24) is 4.90 Å². The van der Waals surface area contributed by atoms with Crippen LogP contribution >= 0.6 is 0 Å². The molecule has 3 saturated heterocycles. The first-order chi connectivity index (χ1) is 19.9. The summed E-state index contributed by atoms with van der Waals surface area (Å²) in [7, 11) is 0. The highest BCUT2D eigenvalue weighted by atomic mass is 16.6. The minimum absolute atomic E-state index is 0.0538. The largest absolute Gasteiger partial charge is 0.457 e. The summed E-state index contributed by atoms with van der Waals surface area (Å²) >= 11 is 0. The Balaban J connectivity index is 1.34. The van der Waals surface area contributed by atoms with E-state index < -0.39 is 0 Å². The Kier molecular flexibility index (Phi) is 12.8. The monoisotopic (exact) mass is 571 g/mol. The molecule has 4 aliphatic rings. The molecule has 0 N–H and O–H groups in total. The number of carbonyl (C=O) groups is 2. The third-order valence-corrected chi connectivity index (χ3v) is 8.97. The van der Waals surface area contributed by atoms with E-state index >= 15 is 0 Å². The fraction of sp³-hybridized carbons (Fsp3) is 0.765. The number of nitrogens with zero attached hydrogens (tertiary/aromatic N) is 1. The third kappa shape index (κ3) is 10.6. The van der Waals surface area contributed by atoms with Gasteiger partial charge >= 0.3 is 12.1 Å². The van der Waals surface area contributed by atoms with Gasteiger partial charge in [0.1, 0.15) is 6.10 Å². The molecular formula is C34H53NO6. The Morgan fingerprint density at radius 1 is 0.951 bits per heavy atom. The number of fused-ring (bicyclic) bond motifs is 4. The number of ether oxygens (including phenoxy) is 4. The van der Waals surface area contributed by atoms with Crippen molar-refractivity contribution >= 4 is 12.1 Å². The van der Waals surface area contributed by atoms with Crippen LogP contribution in [0.1, 0.15) is 104 Å². The van der Waals surface area contributed by atoms with Crippen molar-refractivity contribution in [2.45, 2.75) is 135 Å². The van der Waals surface area contributed by atoms with Gasteiger partial charge in [-0.25, -0.2) is 4.79 Å². The van der Waals surface area contributed by atoms with Crippen molar-refractivity contribution in [3.05, 3.63) is 36.0 Å². The van der Waals surface area contributed by atoms with Gasteiger partial charge in [-0.1, -0.05) is 43.7 Å². The molecule has 230 valence electrons. The summed E-state index contributed by atoms with van der Waals surface area (Å²) in [5.41, 5.74) is 1.36. The molecule has 0 aromatic carbocycles. The standard InChI is InChI=1S/C34H53NO6/c1-4-27-21-30-23-29-13-11-12-28(39-29)20-25(2)15-16-26(3)32(41-33(36)24-31(22-27)40-30)14-7-5-6-10-19-38-34(37)35-17-8-9-18-35/h4,7,14-16,25-26,28-32H,5-6,8-13,17-24H2,1-3H3. The number of esters is 1. The first-order valence-electron chi connectivity index (χ1n) is 16.3. The number of hydrogen-bond acceptors (Lipinski definition) is 6. The van der Waals surface area contributed by atoms with Gasteiger partial charge in [-0.15, -0.1) is 0 Å². The molecule has 4 bridgehead atoms. The summed E-state index contributed by atoms with van der Waals surface area (Å²) in [6.45, 7) is 8.52. The van der Waals surface area contributed by atoms with Crippen LogP contribution in [0.2, 0.25) is 0 Å². The minimum atomic E-state index is -0.331. The second-order valence-corrected chi connectivity index (χ2v) is 12.6. The second-order valence-electron chi connectivity index (χ2n) is 12.6. The predicted octanol–water partition coefficient (Wildman–Crippen LogP) is 7.30. The summed E-state index contributed by atoms with van der Waals surface area (Å²) < 4.78 is 24.5. The zero-order valence-corrected chi connectivity index (χ0v) is 25.6. The maximum absolute atomic E-state index is 13.2. The van der Waals surface area contributed by atoms with E-state index in [0.717, 1.165) is 83.7 Å². The smallest absolute Gasteiger partial charge is 0.409 e. The number of unbranched alkanes of at least 4 members (excludes halogenated alkanes) is 2. The normalized spacial score (nSPS) is 34.6. The topological polar surface area (TPSA) is 74.3 Å². The fourth-order valence-corrected chi connectivity index (χ4v) is 6.57. The van der Waals surface area contributed by atoms with Crippen LogP contribution in [0.5, 0.6) is 0 Å². The molecule has 0 aliphatic carbocycles. The molecule has 0 aromatic rings. The Labute approximate surface area is 247 Å². The van der Waals surface area contributed by atoms with Gasteiger partial charge in [-0.2, -0.15) is 0 Å². The van der Waals surface area contributed by atoms with Crippen molar-refractivity contribution in [2.75, 3.05) is 19.7 Å². The SMILES string of the molecule is CC=C1CC2CC(=O)OC(C=CCCCCOC(=O)N3CCCC3)C(C)C=CC(C)CC3CCCC(CC(C1)O2)O3. The second kappa shape index (κ2) is 16.5. The molecular weight excluding hydrogens is 518 g/mol. The Morgan fingerprint density at radius 3 is 2.46 bits per heavy atom. The molecule has 0 saturated carbocycles. The number of cyclic esters (lactones) is 1. The van der Waals surface area contributed by atoms with Crippen molar-refractivity contribution < 1.29 is 28.5 Å². The highest BCUT2D eigenvalue weighted by Gasteiger charge is 2.32. The highest BCUT2D eigenvalue weighted by molar-refractivity contribution is 5.70. The zero-order valence-electron chi connectivity index (χ0n) is 25.6. The molecule has 41 heavy (non-hydrogen) atoms. The lowest BCUT2D eigenvalue weighted by Crippen LogP contribution is -2.37. The quantitative estimate of drug-likeness (QED) is 0.189. The highest BCUT2D eigenvalue weighted by Crippen LogP contribution is 2.33. The van der Waals surface area contributed by atoms with E-state index in [2.05, 4.69) is 45.1 Å². The van der Waals surface area contributed by atoms with Gasteiger partial charge in [-0.05, 0) is 89.5 Å². The fourth-order valence-electron chi connectivity index (χ4n) is 6.57. The van der Waals surface area contributed by atoms with Gasteiger partial charge in [0.15, 0.2) is 0 Å².